The Labute approximate surface area is 202 Å². The highest BCUT2D eigenvalue weighted by Gasteiger charge is 2.70. The van der Waals surface area contributed by atoms with Crippen LogP contribution in [0, 0.1) is 59.2 Å². The van der Waals surface area contributed by atoms with Crippen LogP contribution in [0.15, 0.2) is 48.6 Å². The Kier molecular flexibility index (Phi) is 3.43. The minimum atomic E-state index is 0.197. The van der Waals surface area contributed by atoms with Crippen molar-refractivity contribution < 1.29 is 9.47 Å². The molecule has 1 spiro atoms. The maximum atomic E-state index is 5.66. The average Bonchev–Trinajstić information content (AvgIpc) is 3.69. The first kappa shape index (κ1) is 19.0. The summed E-state index contributed by atoms with van der Waals surface area (Å²) in [7, 11) is 3.57. The average molecular weight is 451 g/mol. The third kappa shape index (κ3) is 2.01. The number of benzene rings is 2. The van der Waals surface area contributed by atoms with Crippen molar-refractivity contribution in [1.82, 2.24) is 0 Å². The quantitative estimate of drug-likeness (QED) is 0.473. The zero-order valence-electron chi connectivity index (χ0n) is 20.2. The summed E-state index contributed by atoms with van der Waals surface area (Å²) < 4.78 is 11.3. The summed E-state index contributed by atoms with van der Waals surface area (Å²) in [4.78, 5) is 0. The Morgan fingerprint density at radius 2 is 1.21 bits per heavy atom. The van der Waals surface area contributed by atoms with Gasteiger partial charge in [0.1, 0.15) is 11.5 Å². The number of fused-ring (bicyclic) bond motifs is 19. The van der Waals surface area contributed by atoms with E-state index in [1.54, 1.807) is 38.2 Å². The SMILES string of the molecule is COc1ccc2c(c1)-c1cc(OC)ccc1C21CC2C(C1)C1CC2C2CC3C4C=CC(C4)C3C12. The number of allylic oxidation sites excluding steroid dienone is 2. The molecule has 7 aliphatic carbocycles. The van der Waals surface area contributed by atoms with E-state index in [0.717, 1.165) is 70.7 Å². The Hall–Kier alpha value is -2.22. The first-order chi connectivity index (χ1) is 16.7. The molecule has 0 amide bonds. The lowest BCUT2D eigenvalue weighted by molar-refractivity contribution is 0.102. The Bertz CT molecular complexity index is 1200. The summed E-state index contributed by atoms with van der Waals surface area (Å²) in [5.41, 5.74) is 6.10. The molecule has 174 valence electrons. The van der Waals surface area contributed by atoms with Crippen LogP contribution < -0.4 is 9.47 Å². The van der Waals surface area contributed by atoms with Crippen molar-refractivity contribution in [3.05, 3.63) is 59.7 Å². The summed E-state index contributed by atoms with van der Waals surface area (Å²) >= 11 is 0. The van der Waals surface area contributed by atoms with E-state index in [0.29, 0.717) is 0 Å². The van der Waals surface area contributed by atoms with Gasteiger partial charge < -0.3 is 9.47 Å². The van der Waals surface area contributed by atoms with Crippen molar-refractivity contribution >= 4 is 0 Å². The lowest BCUT2D eigenvalue weighted by Crippen LogP contribution is -2.33. The van der Waals surface area contributed by atoms with Crippen LogP contribution in [0.5, 0.6) is 11.5 Å². The topological polar surface area (TPSA) is 18.5 Å². The summed E-state index contributed by atoms with van der Waals surface area (Å²) in [5, 5.41) is 0. The highest BCUT2D eigenvalue weighted by molar-refractivity contribution is 5.83. The monoisotopic (exact) mass is 450 g/mol. The number of rotatable bonds is 2. The van der Waals surface area contributed by atoms with Crippen LogP contribution in [0.1, 0.15) is 43.2 Å². The molecular formula is C32H34O2. The van der Waals surface area contributed by atoms with E-state index < -0.39 is 0 Å². The van der Waals surface area contributed by atoms with Gasteiger partial charge in [-0.15, -0.1) is 0 Å². The van der Waals surface area contributed by atoms with E-state index in [9.17, 15) is 0 Å². The highest BCUT2D eigenvalue weighted by atomic mass is 16.5. The Balaban J connectivity index is 1.15. The molecule has 10 atom stereocenters. The predicted octanol–water partition coefficient (Wildman–Crippen LogP) is 6.72. The van der Waals surface area contributed by atoms with E-state index in [1.807, 2.05) is 0 Å². The van der Waals surface area contributed by atoms with Gasteiger partial charge in [-0.05, 0) is 138 Å². The molecule has 2 aromatic rings. The molecule has 4 bridgehead atoms. The second-order valence-electron chi connectivity index (χ2n) is 12.9. The van der Waals surface area contributed by atoms with Crippen molar-refractivity contribution in [2.45, 2.75) is 37.5 Å². The summed E-state index contributed by atoms with van der Waals surface area (Å²) in [6.45, 7) is 0. The van der Waals surface area contributed by atoms with Crippen LogP contribution in [0.2, 0.25) is 0 Å². The molecule has 5 saturated carbocycles. The molecule has 0 radical (unpaired) electrons. The fourth-order valence-corrected chi connectivity index (χ4v) is 11.6. The zero-order chi connectivity index (χ0) is 22.3. The van der Waals surface area contributed by atoms with E-state index in [1.165, 1.54) is 30.4 Å². The van der Waals surface area contributed by atoms with Gasteiger partial charge in [0.2, 0.25) is 0 Å². The molecule has 0 aliphatic heterocycles. The van der Waals surface area contributed by atoms with Crippen LogP contribution in [-0.4, -0.2) is 14.2 Å². The van der Waals surface area contributed by atoms with E-state index in [2.05, 4.69) is 48.6 Å². The fourth-order valence-electron chi connectivity index (χ4n) is 11.6. The molecule has 10 unspecified atom stereocenters. The van der Waals surface area contributed by atoms with Crippen molar-refractivity contribution in [2.24, 2.45) is 59.2 Å². The van der Waals surface area contributed by atoms with Crippen LogP contribution in [0.4, 0.5) is 0 Å². The summed E-state index contributed by atoms with van der Waals surface area (Å²) in [6, 6.07) is 13.8. The second-order valence-corrected chi connectivity index (χ2v) is 12.9. The van der Waals surface area contributed by atoms with Crippen LogP contribution in [0.3, 0.4) is 0 Å². The molecule has 2 heteroatoms. The van der Waals surface area contributed by atoms with Crippen LogP contribution in [0.25, 0.3) is 11.1 Å². The smallest absolute Gasteiger partial charge is 0.119 e. The van der Waals surface area contributed by atoms with E-state index in [-0.39, 0.29) is 5.41 Å². The molecule has 0 N–H and O–H groups in total. The number of methoxy groups -OCH3 is 2. The summed E-state index contributed by atoms with van der Waals surface area (Å²) in [6.07, 6.45) is 12.5. The molecule has 2 aromatic carbocycles. The van der Waals surface area contributed by atoms with Gasteiger partial charge in [0.05, 0.1) is 14.2 Å². The molecule has 34 heavy (non-hydrogen) atoms. The van der Waals surface area contributed by atoms with Gasteiger partial charge in [-0.2, -0.15) is 0 Å². The van der Waals surface area contributed by atoms with Crippen molar-refractivity contribution in [3.8, 4) is 22.6 Å². The van der Waals surface area contributed by atoms with Gasteiger partial charge in [-0.25, -0.2) is 0 Å². The standard InChI is InChI=1S/C32H34O2/c1-33-18-5-7-28-22(10-18)23-11-19(34-2)6-8-29(23)32(28)14-26-21-13-25(27(26)15-32)31-24(21)12-20-16-3-4-17(9-16)30(20)31/h3-8,10-11,16-17,20-21,24-27,30-31H,9,12-15H2,1-2H3. The molecule has 2 nitrogen and oxygen atoms in total. The second kappa shape index (κ2) is 6.12. The first-order valence-electron chi connectivity index (χ1n) is 13.8. The van der Waals surface area contributed by atoms with Crippen molar-refractivity contribution in [3.63, 3.8) is 0 Å². The van der Waals surface area contributed by atoms with E-state index in [4.69, 9.17) is 9.47 Å². The maximum Gasteiger partial charge on any atom is 0.119 e. The first-order valence-corrected chi connectivity index (χ1v) is 13.8. The Morgan fingerprint density at radius 3 is 1.88 bits per heavy atom. The third-order valence-corrected chi connectivity index (χ3v) is 12.4. The van der Waals surface area contributed by atoms with Gasteiger partial charge in [0.15, 0.2) is 0 Å². The van der Waals surface area contributed by atoms with Crippen molar-refractivity contribution in [2.75, 3.05) is 14.2 Å². The van der Waals surface area contributed by atoms with Crippen molar-refractivity contribution in [1.29, 1.82) is 0 Å². The number of hydrogen-bond acceptors (Lipinski definition) is 2. The lowest BCUT2D eigenvalue weighted by atomic mass is 9.67. The largest absolute Gasteiger partial charge is 0.497 e. The fraction of sp³-hybridized carbons (Fsp3) is 0.562. The van der Waals surface area contributed by atoms with Gasteiger partial charge in [0.25, 0.3) is 0 Å². The molecule has 0 aromatic heterocycles. The molecular weight excluding hydrogens is 416 g/mol. The molecule has 0 saturated heterocycles. The van der Waals surface area contributed by atoms with E-state index >= 15 is 0 Å². The molecule has 0 heterocycles. The normalized spacial score (nSPS) is 44.3. The highest BCUT2D eigenvalue weighted by Crippen LogP contribution is 2.76. The third-order valence-electron chi connectivity index (χ3n) is 12.4. The number of hydrogen-bond donors (Lipinski definition) is 0. The van der Waals surface area contributed by atoms with Crippen LogP contribution >= 0.6 is 0 Å². The molecule has 9 rings (SSSR count). The van der Waals surface area contributed by atoms with Gasteiger partial charge in [-0.1, -0.05) is 24.3 Å². The molecule has 5 fully saturated rings. The predicted molar refractivity (Wildman–Crippen MR) is 133 cm³/mol. The minimum absolute atomic E-state index is 0.197. The zero-order valence-corrected chi connectivity index (χ0v) is 20.2. The Morgan fingerprint density at radius 1 is 0.618 bits per heavy atom. The lowest BCUT2D eigenvalue weighted by Gasteiger charge is -2.38. The van der Waals surface area contributed by atoms with Crippen LogP contribution in [-0.2, 0) is 5.41 Å². The minimum Gasteiger partial charge on any atom is -0.497 e. The summed E-state index contributed by atoms with van der Waals surface area (Å²) in [5.74, 6) is 11.8. The van der Waals surface area contributed by atoms with Gasteiger partial charge in [-0.3, -0.25) is 0 Å². The van der Waals surface area contributed by atoms with Gasteiger partial charge >= 0.3 is 0 Å². The van der Waals surface area contributed by atoms with Gasteiger partial charge in [0, 0.05) is 5.41 Å². The maximum absolute atomic E-state index is 5.66. The number of ether oxygens (including phenoxy) is 2. The molecule has 7 aliphatic rings.